The monoisotopic (exact) mass is 275 g/mol. The molecule has 2 aromatic rings. The Kier molecular flexibility index (Phi) is 3.30. The third-order valence-electron chi connectivity index (χ3n) is 3.95. The van der Waals surface area contributed by atoms with Gasteiger partial charge in [0, 0.05) is 12.5 Å². The first-order chi connectivity index (χ1) is 9.72. The van der Waals surface area contributed by atoms with E-state index in [4.69, 9.17) is 4.52 Å². The Morgan fingerprint density at radius 2 is 2.25 bits per heavy atom. The molecule has 1 aliphatic carbocycles. The molecule has 0 aromatic carbocycles. The molecule has 0 aliphatic heterocycles. The first-order valence-electron chi connectivity index (χ1n) is 6.95. The van der Waals surface area contributed by atoms with E-state index in [1.807, 2.05) is 11.5 Å². The van der Waals surface area contributed by atoms with Gasteiger partial charge >= 0.3 is 5.97 Å². The maximum Gasteiger partial charge on any atom is 0.341 e. The zero-order valence-electron chi connectivity index (χ0n) is 11.4. The van der Waals surface area contributed by atoms with Gasteiger partial charge in [0.05, 0.1) is 18.2 Å². The fraction of sp³-hybridized carbons (Fsp3) is 0.500. The molecule has 2 heterocycles. The van der Waals surface area contributed by atoms with Crippen LogP contribution >= 0.6 is 0 Å². The predicted octanol–water partition coefficient (Wildman–Crippen LogP) is 2.91. The fourth-order valence-electron chi connectivity index (χ4n) is 2.92. The first kappa shape index (κ1) is 12.9. The number of imidazole rings is 1. The van der Waals surface area contributed by atoms with E-state index in [-0.39, 0.29) is 11.5 Å². The number of aromatic nitrogens is 3. The molecule has 1 saturated carbocycles. The number of carbonyl (C=O) groups is 1. The molecule has 1 N–H and O–H groups in total. The molecule has 0 bridgehead atoms. The third-order valence-corrected chi connectivity index (χ3v) is 3.95. The van der Waals surface area contributed by atoms with E-state index >= 15 is 0 Å². The molecule has 1 aliphatic rings. The zero-order chi connectivity index (χ0) is 14.1. The number of hydrogen-bond donors (Lipinski definition) is 1. The summed E-state index contributed by atoms with van der Waals surface area (Å²) in [6, 6.07) is 0. The Morgan fingerprint density at radius 3 is 2.90 bits per heavy atom. The number of carboxylic acids is 1. The maximum absolute atomic E-state index is 11.6. The number of nitrogens with zero attached hydrogens (tertiary/aromatic N) is 3. The van der Waals surface area contributed by atoms with Gasteiger partial charge in [-0.1, -0.05) is 18.0 Å². The van der Waals surface area contributed by atoms with E-state index in [1.54, 1.807) is 12.5 Å². The van der Waals surface area contributed by atoms with Gasteiger partial charge < -0.3 is 14.2 Å². The fourth-order valence-corrected chi connectivity index (χ4v) is 2.92. The molecule has 6 heteroatoms. The summed E-state index contributed by atoms with van der Waals surface area (Å²) in [6.07, 6.45) is 7.49. The first-order valence-corrected chi connectivity index (χ1v) is 6.95. The molecule has 2 aromatic heterocycles. The van der Waals surface area contributed by atoms with Crippen molar-refractivity contribution >= 4 is 5.97 Å². The number of aryl methyl sites for hydroxylation is 1. The average Bonchev–Trinajstić information content (AvgIpc) is 3.16. The minimum absolute atomic E-state index is 0.181. The van der Waals surface area contributed by atoms with Crippen LogP contribution in [0.15, 0.2) is 17.0 Å². The minimum atomic E-state index is -0.980. The summed E-state index contributed by atoms with van der Waals surface area (Å²) >= 11 is 0. The SMILES string of the molecule is CCn1cncc1-c1noc(C2CCCC2)c1C(=O)O. The second-order valence-electron chi connectivity index (χ2n) is 5.12. The summed E-state index contributed by atoms with van der Waals surface area (Å²) in [6.45, 7) is 2.68. The molecule has 1 fully saturated rings. The van der Waals surface area contributed by atoms with Gasteiger partial charge in [0.25, 0.3) is 0 Å². The van der Waals surface area contributed by atoms with Gasteiger partial charge in [0.15, 0.2) is 5.76 Å². The predicted molar refractivity (Wildman–Crippen MR) is 71.6 cm³/mol. The lowest BCUT2D eigenvalue weighted by Gasteiger charge is -2.06. The van der Waals surface area contributed by atoms with Crippen molar-refractivity contribution in [1.82, 2.24) is 14.7 Å². The molecule has 0 unspecified atom stereocenters. The molecule has 0 atom stereocenters. The smallest absolute Gasteiger partial charge is 0.341 e. The van der Waals surface area contributed by atoms with Crippen LogP contribution in [0.25, 0.3) is 11.4 Å². The van der Waals surface area contributed by atoms with E-state index in [1.165, 1.54) is 0 Å². The van der Waals surface area contributed by atoms with Gasteiger partial charge in [0.2, 0.25) is 0 Å². The van der Waals surface area contributed by atoms with Crippen LogP contribution in [0.4, 0.5) is 0 Å². The highest BCUT2D eigenvalue weighted by Gasteiger charge is 2.31. The lowest BCUT2D eigenvalue weighted by atomic mass is 9.99. The van der Waals surface area contributed by atoms with Gasteiger partial charge in [-0.15, -0.1) is 0 Å². The van der Waals surface area contributed by atoms with E-state index < -0.39 is 5.97 Å². The highest BCUT2D eigenvalue weighted by Crippen LogP contribution is 2.38. The van der Waals surface area contributed by atoms with E-state index in [9.17, 15) is 9.90 Å². The Hall–Kier alpha value is -2.11. The summed E-state index contributed by atoms with van der Waals surface area (Å²) < 4.78 is 7.26. The molecule has 106 valence electrons. The number of hydrogen-bond acceptors (Lipinski definition) is 4. The summed E-state index contributed by atoms with van der Waals surface area (Å²) in [5.74, 6) is -0.277. The number of carboxylic acid groups (broad SMARTS) is 1. The Balaban J connectivity index is 2.10. The van der Waals surface area contributed by atoms with Crippen molar-refractivity contribution in [3.05, 3.63) is 23.8 Å². The van der Waals surface area contributed by atoms with Crippen LogP contribution in [0, 0.1) is 0 Å². The van der Waals surface area contributed by atoms with Gasteiger partial charge in [0.1, 0.15) is 11.3 Å². The van der Waals surface area contributed by atoms with E-state index in [2.05, 4.69) is 10.1 Å². The lowest BCUT2D eigenvalue weighted by Crippen LogP contribution is -2.05. The Labute approximate surface area is 116 Å². The van der Waals surface area contributed by atoms with Crippen LogP contribution in [0.5, 0.6) is 0 Å². The minimum Gasteiger partial charge on any atom is -0.477 e. The van der Waals surface area contributed by atoms with E-state index in [0.717, 1.165) is 25.7 Å². The van der Waals surface area contributed by atoms with Crippen molar-refractivity contribution in [1.29, 1.82) is 0 Å². The van der Waals surface area contributed by atoms with Crippen molar-refractivity contribution in [2.45, 2.75) is 45.1 Å². The lowest BCUT2D eigenvalue weighted by molar-refractivity contribution is 0.0694. The molecular formula is C14H17N3O3. The number of rotatable bonds is 4. The van der Waals surface area contributed by atoms with Crippen LogP contribution in [-0.4, -0.2) is 25.8 Å². The highest BCUT2D eigenvalue weighted by molar-refractivity contribution is 5.95. The van der Waals surface area contributed by atoms with Crippen LogP contribution in [-0.2, 0) is 6.54 Å². The second kappa shape index (κ2) is 5.11. The van der Waals surface area contributed by atoms with Gasteiger partial charge in [-0.2, -0.15) is 0 Å². The van der Waals surface area contributed by atoms with Crippen molar-refractivity contribution in [2.75, 3.05) is 0 Å². The topological polar surface area (TPSA) is 81.2 Å². The highest BCUT2D eigenvalue weighted by atomic mass is 16.5. The van der Waals surface area contributed by atoms with Crippen molar-refractivity contribution in [3.63, 3.8) is 0 Å². The maximum atomic E-state index is 11.6. The van der Waals surface area contributed by atoms with Crippen LogP contribution < -0.4 is 0 Å². The molecule has 0 amide bonds. The summed E-state index contributed by atoms with van der Waals surface area (Å²) in [5.41, 5.74) is 1.28. The molecule has 3 rings (SSSR count). The van der Waals surface area contributed by atoms with Crippen molar-refractivity contribution < 1.29 is 14.4 Å². The molecule has 20 heavy (non-hydrogen) atoms. The summed E-state index contributed by atoms with van der Waals surface area (Å²) in [4.78, 5) is 15.7. The largest absolute Gasteiger partial charge is 0.477 e. The van der Waals surface area contributed by atoms with Crippen LogP contribution in [0.2, 0.25) is 0 Å². The van der Waals surface area contributed by atoms with Crippen LogP contribution in [0.1, 0.15) is 54.6 Å². The number of aromatic carboxylic acids is 1. The summed E-state index contributed by atoms with van der Waals surface area (Å²) in [5, 5.41) is 13.5. The molecule has 0 saturated heterocycles. The molecule has 0 radical (unpaired) electrons. The van der Waals surface area contributed by atoms with Gasteiger partial charge in [-0.25, -0.2) is 9.78 Å². The molecule has 6 nitrogen and oxygen atoms in total. The average molecular weight is 275 g/mol. The molecule has 0 spiro atoms. The third kappa shape index (κ3) is 2.01. The Morgan fingerprint density at radius 1 is 1.50 bits per heavy atom. The zero-order valence-corrected chi connectivity index (χ0v) is 11.4. The van der Waals surface area contributed by atoms with Gasteiger partial charge in [-0.05, 0) is 19.8 Å². The molecular weight excluding hydrogens is 258 g/mol. The Bertz CT molecular complexity index is 623. The van der Waals surface area contributed by atoms with Crippen molar-refractivity contribution in [3.8, 4) is 11.4 Å². The van der Waals surface area contributed by atoms with Crippen LogP contribution in [0.3, 0.4) is 0 Å². The van der Waals surface area contributed by atoms with Gasteiger partial charge in [-0.3, -0.25) is 0 Å². The van der Waals surface area contributed by atoms with E-state index in [0.29, 0.717) is 23.7 Å². The summed E-state index contributed by atoms with van der Waals surface area (Å²) in [7, 11) is 0. The van der Waals surface area contributed by atoms with Crippen molar-refractivity contribution in [2.24, 2.45) is 0 Å². The quantitative estimate of drug-likeness (QED) is 0.927. The second-order valence-corrected chi connectivity index (χ2v) is 5.12. The standard InChI is InChI=1S/C14H17N3O3/c1-2-17-8-15-7-10(17)12-11(14(18)19)13(20-16-12)9-5-3-4-6-9/h7-9H,2-6H2,1H3,(H,18,19). The normalized spacial score (nSPS) is 15.8.